The number of hydrogen-bond donors (Lipinski definition) is 1. The van der Waals surface area contributed by atoms with Gasteiger partial charge in [0.05, 0.1) is 13.7 Å². The first-order valence-corrected chi connectivity index (χ1v) is 9.72. The second-order valence-corrected chi connectivity index (χ2v) is 7.36. The summed E-state index contributed by atoms with van der Waals surface area (Å²) in [5.41, 5.74) is 0.306. The Bertz CT molecular complexity index is 616. The van der Waals surface area contributed by atoms with Gasteiger partial charge in [-0.1, -0.05) is 26.7 Å². The van der Waals surface area contributed by atoms with Gasteiger partial charge in [0, 0.05) is 13.1 Å². The lowest BCUT2D eigenvalue weighted by Gasteiger charge is -2.21. The van der Waals surface area contributed by atoms with Gasteiger partial charge in [0.1, 0.15) is 17.1 Å². The molecule has 0 unspecified atom stereocenters. The third-order valence-electron chi connectivity index (χ3n) is 3.66. The monoisotopic (exact) mass is 360 g/mol. The molecule has 0 aromatic carbocycles. The average Bonchev–Trinajstić information content (AvgIpc) is 2.93. The fourth-order valence-electron chi connectivity index (χ4n) is 2.22. The molecule has 0 bridgehead atoms. The van der Waals surface area contributed by atoms with E-state index in [1.807, 2.05) is 13.8 Å². The van der Waals surface area contributed by atoms with Gasteiger partial charge in [-0.2, -0.15) is 17.4 Å². The number of hydrogen-bond acceptors (Lipinski definition) is 5. The first kappa shape index (κ1) is 20.7. The van der Waals surface area contributed by atoms with Crippen LogP contribution in [0.2, 0.25) is 0 Å². The van der Waals surface area contributed by atoms with Gasteiger partial charge in [-0.05, 0) is 25.8 Å². The summed E-state index contributed by atoms with van der Waals surface area (Å²) in [6.07, 6.45) is 3.49. The van der Waals surface area contributed by atoms with E-state index in [0.717, 1.165) is 25.7 Å². The van der Waals surface area contributed by atoms with Crippen molar-refractivity contribution in [1.29, 1.82) is 0 Å². The Morgan fingerprint density at radius 3 is 2.33 bits per heavy atom. The maximum absolute atomic E-state index is 12.5. The smallest absolute Gasteiger partial charge is 0.341 e. The summed E-state index contributed by atoms with van der Waals surface area (Å²) in [5, 5.41) is 0. The van der Waals surface area contributed by atoms with Crippen molar-refractivity contribution in [2.45, 2.75) is 53.0 Å². The highest BCUT2D eigenvalue weighted by atomic mass is 32.2. The molecule has 0 saturated carbocycles. The second kappa shape index (κ2) is 9.80. The van der Waals surface area contributed by atoms with Crippen LogP contribution in [0.1, 0.15) is 61.4 Å². The fraction of sp³-hybridized carbons (Fsp3) is 0.688. The third kappa shape index (κ3) is 5.92. The SMILES string of the molecule is CCCCN(CCCC)S(=O)(=O)NCc1cc(C(=O)OC)c(C)o1. The van der Waals surface area contributed by atoms with Gasteiger partial charge in [0.15, 0.2) is 0 Å². The molecule has 0 aliphatic rings. The Hall–Kier alpha value is -1.38. The van der Waals surface area contributed by atoms with Crippen LogP contribution in [0.25, 0.3) is 0 Å². The Labute approximate surface area is 144 Å². The molecular formula is C16H28N2O5S. The molecule has 0 saturated heterocycles. The van der Waals surface area contributed by atoms with Crippen molar-refractivity contribution in [3.63, 3.8) is 0 Å². The van der Waals surface area contributed by atoms with Gasteiger partial charge < -0.3 is 9.15 Å². The van der Waals surface area contributed by atoms with Crippen molar-refractivity contribution in [2.75, 3.05) is 20.2 Å². The molecule has 0 spiro atoms. The number of esters is 1. The molecule has 0 amide bonds. The number of unbranched alkanes of at least 4 members (excludes halogenated alkanes) is 2. The molecule has 1 N–H and O–H groups in total. The number of furan rings is 1. The highest BCUT2D eigenvalue weighted by Gasteiger charge is 2.22. The van der Waals surface area contributed by atoms with Crippen LogP contribution in [0.3, 0.4) is 0 Å². The van der Waals surface area contributed by atoms with Crippen molar-refractivity contribution in [3.8, 4) is 0 Å². The molecule has 24 heavy (non-hydrogen) atoms. The van der Waals surface area contributed by atoms with Gasteiger partial charge in [-0.15, -0.1) is 0 Å². The fourth-order valence-corrected chi connectivity index (χ4v) is 3.46. The van der Waals surface area contributed by atoms with E-state index < -0.39 is 16.2 Å². The molecule has 0 aliphatic heterocycles. The van der Waals surface area contributed by atoms with E-state index in [1.165, 1.54) is 17.5 Å². The molecule has 8 heteroatoms. The Kier molecular flexibility index (Phi) is 8.44. The number of aryl methyl sites for hydroxylation is 1. The van der Waals surface area contributed by atoms with E-state index in [1.54, 1.807) is 6.92 Å². The largest absolute Gasteiger partial charge is 0.465 e. The molecule has 1 aromatic rings. The lowest BCUT2D eigenvalue weighted by atomic mass is 10.2. The number of nitrogens with zero attached hydrogens (tertiary/aromatic N) is 1. The minimum Gasteiger partial charge on any atom is -0.465 e. The summed E-state index contributed by atoms with van der Waals surface area (Å²) in [5.74, 6) is 0.283. The predicted octanol–water partition coefficient (Wildman–Crippen LogP) is 2.61. The number of methoxy groups -OCH3 is 1. The summed E-state index contributed by atoms with van der Waals surface area (Å²) in [4.78, 5) is 11.6. The average molecular weight is 360 g/mol. The van der Waals surface area contributed by atoms with Crippen LogP contribution in [0.5, 0.6) is 0 Å². The summed E-state index contributed by atoms with van der Waals surface area (Å²) < 4.78 is 39.1. The molecule has 1 aromatic heterocycles. The van der Waals surface area contributed by atoms with Crippen LogP contribution < -0.4 is 4.72 Å². The van der Waals surface area contributed by atoms with Crippen LogP contribution in [0, 0.1) is 6.92 Å². The molecule has 0 fully saturated rings. The number of rotatable bonds is 11. The number of carbonyl (C=O) groups is 1. The first-order valence-electron chi connectivity index (χ1n) is 8.28. The predicted molar refractivity (Wildman–Crippen MR) is 91.9 cm³/mol. The Morgan fingerprint density at radius 1 is 1.25 bits per heavy atom. The van der Waals surface area contributed by atoms with Crippen molar-refractivity contribution in [3.05, 3.63) is 23.2 Å². The summed E-state index contributed by atoms with van der Waals surface area (Å²) >= 11 is 0. The molecule has 1 heterocycles. The zero-order valence-electron chi connectivity index (χ0n) is 14.9. The first-order chi connectivity index (χ1) is 11.4. The highest BCUT2D eigenvalue weighted by Crippen LogP contribution is 2.16. The van der Waals surface area contributed by atoms with Crippen LogP contribution in [0.15, 0.2) is 10.5 Å². The van der Waals surface area contributed by atoms with E-state index in [2.05, 4.69) is 9.46 Å². The van der Waals surface area contributed by atoms with Crippen molar-refractivity contribution >= 4 is 16.2 Å². The zero-order valence-corrected chi connectivity index (χ0v) is 15.7. The molecule has 138 valence electrons. The molecular weight excluding hydrogens is 332 g/mol. The third-order valence-corrected chi connectivity index (χ3v) is 5.22. The lowest BCUT2D eigenvalue weighted by molar-refractivity contribution is 0.0599. The number of nitrogens with one attached hydrogen (secondary N) is 1. The van der Waals surface area contributed by atoms with Gasteiger partial charge in [0.2, 0.25) is 0 Å². The van der Waals surface area contributed by atoms with E-state index >= 15 is 0 Å². The summed E-state index contributed by atoms with van der Waals surface area (Å²) in [6, 6.07) is 1.51. The molecule has 7 nitrogen and oxygen atoms in total. The lowest BCUT2D eigenvalue weighted by Crippen LogP contribution is -2.41. The Morgan fingerprint density at radius 2 is 1.83 bits per heavy atom. The Balaban J connectivity index is 2.76. The van der Waals surface area contributed by atoms with E-state index in [4.69, 9.17) is 4.42 Å². The maximum atomic E-state index is 12.5. The van der Waals surface area contributed by atoms with E-state index in [9.17, 15) is 13.2 Å². The van der Waals surface area contributed by atoms with Gasteiger partial charge in [0.25, 0.3) is 10.2 Å². The normalized spacial score (nSPS) is 11.9. The number of carbonyl (C=O) groups excluding carboxylic acids is 1. The van der Waals surface area contributed by atoms with Crippen molar-refractivity contribution in [1.82, 2.24) is 9.03 Å². The van der Waals surface area contributed by atoms with E-state index in [-0.39, 0.29) is 6.54 Å². The van der Waals surface area contributed by atoms with Gasteiger partial charge in [-0.25, -0.2) is 4.79 Å². The summed E-state index contributed by atoms with van der Waals surface area (Å²) in [7, 11) is -2.30. The molecule has 0 atom stereocenters. The van der Waals surface area contributed by atoms with E-state index in [0.29, 0.717) is 30.2 Å². The van der Waals surface area contributed by atoms with Crippen LogP contribution in [-0.2, 0) is 21.5 Å². The van der Waals surface area contributed by atoms with Crippen molar-refractivity contribution in [2.24, 2.45) is 0 Å². The van der Waals surface area contributed by atoms with Crippen LogP contribution in [-0.4, -0.2) is 38.9 Å². The molecule has 0 aliphatic carbocycles. The quantitative estimate of drug-likeness (QED) is 0.613. The maximum Gasteiger partial charge on any atom is 0.341 e. The topological polar surface area (TPSA) is 88.9 Å². The van der Waals surface area contributed by atoms with Crippen LogP contribution >= 0.6 is 0 Å². The minimum absolute atomic E-state index is 0.00504. The highest BCUT2D eigenvalue weighted by molar-refractivity contribution is 7.87. The van der Waals surface area contributed by atoms with Crippen LogP contribution in [0.4, 0.5) is 0 Å². The number of ether oxygens (including phenoxy) is 1. The standard InChI is InChI=1S/C16H28N2O5S/c1-5-7-9-18(10-8-6-2)24(20,21)17-12-14-11-15(13(3)23-14)16(19)22-4/h11,17H,5-10,12H2,1-4H3. The second-order valence-electron chi connectivity index (χ2n) is 5.61. The summed E-state index contributed by atoms with van der Waals surface area (Å²) in [6.45, 7) is 6.68. The van der Waals surface area contributed by atoms with Gasteiger partial charge in [-0.3, -0.25) is 0 Å². The minimum atomic E-state index is -3.59. The zero-order chi connectivity index (χ0) is 18.2. The van der Waals surface area contributed by atoms with Crippen molar-refractivity contribution < 1.29 is 22.4 Å². The molecule has 1 rings (SSSR count). The molecule has 0 radical (unpaired) electrons. The van der Waals surface area contributed by atoms with Gasteiger partial charge >= 0.3 is 5.97 Å².